The highest BCUT2D eigenvalue weighted by Crippen LogP contribution is 2.32. The lowest BCUT2D eigenvalue weighted by Gasteiger charge is -2.14. The van der Waals surface area contributed by atoms with Crippen molar-refractivity contribution in [3.63, 3.8) is 0 Å². The Labute approximate surface area is 167 Å². The summed E-state index contributed by atoms with van der Waals surface area (Å²) in [4.78, 5) is 37.9. The molecule has 3 amide bonds. The zero-order valence-electron chi connectivity index (χ0n) is 15.2. The van der Waals surface area contributed by atoms with Crippen LogP contribution in [-0.4, -0.2) is 61.6 Å². The van der Waals surface area contributed by atoms with Crippen molar-refractivity contribution in [2.24, 2.45) is 0 Å². The van der Waals surface area contributed by atoms with Gasteiger partial charge in [0.05, 0.1) is 23.5 Å². The standard InChI is InChI=1S/C18H20N2O6S2/c1-26-14-4-2-12(3-5-14)10-15-17(22)20(18(23)27-15)8-6-16(21)19-13-7-9-28(24,25)11-13/h2-5,10,13H,6-9,11H2,1H3,(H,19,21). The Kier molecular flexibility index (Phi) is 6.09. The topological polar surface area (TPSA) is 110 Å². The van der Waals surface area contributed by atoms with E-state index in [0.717, 1.165) is 22.2 Å². The zero-order valence-corrected chi connectivity index (χ0v) is 16.8. The summed E-state index contributed by atoms with van der Waals surface area (Å²) in [5.74, 6) is -0.129. The van der Waals surface area contributed by atoms with Crippen LogP contribution in [0.3, 0.4) is 0 Å². The second kappa shape index (κ2) is 8.36. The zero-order chi connectivity index (χ0) is 20.3. The summed E-state index contributed by atoms with van der Waals surface area (Å²) in [5, 5.41) is 2.22. The molecule has 0 aromatic heterocycles. The van der Waals surface area contributed by atoms with Gasteiger partial charge in [-0.15, -0.1) is 0 Å². The van der Waals surface area contributed by atoms with Crippen LogP contribution in [0.5, 0.6) is 5.75 Å². The number of amides is 3. The molecule has 2 aliphatic rings. The second-order valence-electron chi connectivity index (χ2n) is 6.52. The van der Waals surface area contributed by atoms with Gasteiger partial charge in [-0.05, 0) is 42.0 Å². The minimum Gasteiger partial charge on any atom is -0.497 e. The van der Waals surface area contributed by atoms with Crippen LogP contribution >= 0.6 is 11.8 Å². The molecule has 10 heteroatoms. The molecule has 1 N–H and O–H groups in total. The number of ether oxygens (including phenoxy) is 1. The van der Waals surface area contributed by atoms with E-state index in [0.29, 0.717) is 12.2 Å². The number of benzene rings is 1. The smallest absolute Gasteiger partial charge is 0.293 e. The summed E-state index contributed by atoms with van der Waals surface area (Å²) >= 11 is 0.827. The first-order chi connectivity index (χ1) is 13.3. The molecule has 150 valence electrons. The Bertz CT molecular complexity index is 924. The van der Waals surface area contributed by atoms with Crippen LogP contribution in [-0.2, 0) is 19.4 Å². The minimum absolute atomic E-state index is 0.0457. The van der Waals surface area contributed by atoms with E-state index in [1.54, 1.807) is 37.5 Å². The summed E-state index contributed by atoms with van der Waals surface area (Å²) in [6.07, 6.45) is 1.94. The third kappa shape index (κ3) is 4.93. The van der Waals surface area contributed by atoms with Crippen LogP contribution < -0.4 is 10.1 Å². The summed E-state index contributed by atoms with van der Waals surface area (Å²) in [6, 6.07) is 6.65. The largest absolute Gasteiger partial charge is 0.497 e. The quantitative estimate of drug-likeness (QED) is 0.688. The molecule has 8 nitrogen and oxygen atoms in total. The molecule has 0 saturated carbocycles. The normalized spacial score (nSPS) is 22.7. The molecule has 0 bridgehead atoms. The van der Waals surface area contributed by atoms with E-state index in [9.17, 15) is 22.8 Å². The van der Waals surface area contributed by atoms with Crippen LogP contribution in [0.2, 0.25) is 0 Å². The van der Waals surface area contributed by atoms with E-state index in [2.05, 4.69) is 5.32 Å². The maximum absolute atomic E-state index is 12.5. The van der Waals surface area contributed by atoms with E-state index in [1.165, 1.54) is 0 Å². The molecule has 0 radical (unpaired) electrons. The number of thioether (sulfide) groups is 1. The lowest BCUT2D eigenvalue weighted by atomic mass is 10.2. The molecule has 1 unspecified atom stereocenters. The lowest BCUT2D eigenvalue weighted by molar-refractivity contribution is -0.124. The van der Waals surface area contributed by atoms with Gasteiger partial charge >= 0.3 is 0 Å². The maximum atomic E-state index is 12.5. The number of nitrogens with zero attached hydrogens (tertiary/aromatic N) is 1. The molecule has 28 heavy (non-hydrogen) atoms. The predicted octanol–water partition coefficient (Wildman–Crippen LogP) is 1.42. The Morgan fingerprint density at radius 3 is 2.64 bits per heavy atom. The van der Waals surface area contributed by atoms with Crippen molar-refractivity contribution in [1.82, 2.24) is 10.2 Å². The molecule has 2 fully saturated rings. The van der Waals surface area contributed by atoms with Crippen LogP contribution in [0.1, 0.15) is 18.4 Å². The molecule has 1 aromatic carbocycles. The maximum Gasteiger partial charge on any atom is 0.293 e. The molecule has 1 atom stereocenters. The van der Waals surface area contributed by atoms with Crippen LogP contribution in [0.15, 0.2) is 29.2 Å². The van der Waals surface area contributed by atoms with Crippen LogP contribution in [0.4, 0.5) is 4.79 Å². The highest BCUT2D eigenvalue weighted by atomic mass is 32.2. The van der Waals surface area contributed by atoms with Crippen molar-refractivity contribution in [3.8, 4) is 5.75 Å². The average Bonchev–Trinajstić information content (AvgIpc) is 3.12. The minimum atomic E-state index is -3.08. The number of rotatable bonds is 6. The van der Waals surface area contributed by atoms with Gasteiger partial charge in [-0.1, -0.05) is 12.1 Å². The highest BCUT2D eigenvalue weighted by Gasteiger charge is 2.35. The monoisotopic (exact) mass is 424 g/mol. The fourth-order valence-electron chi connectivity index (χ4n) is 2.97. The summed E-state index contributed by atoms with van der Waals surface area (Å²) in [5.41, 5.74) is 0.756. The van der Waals surface area contributed by atoms with Gasteiger partial charge in [0.15, 0.2) is 9.84 Å². The molecule has 1 aromatic rings. The fraction of sp³-hybridized carbons (Fsp3) is 0.389. The number of hydrogen-bond acceptors (Lipinski definition) is 7. The van der Waals surface area contributed by atoms with Crippen LogP contribution in [0.25, 0.3) is 6.08 Å². The molecule has 2 saturated heterocycles. The van der Waals surface area contributed by atoms with Crippen molar-refractivity contribution in [2.75, 3.05) is 25.2 Å². The van der Waals surface area contributed by atoms with E-state index in [-0.39, 0.29) is 35.3 Å². The SMILES string of the molecule is COc1ccc(C=C2SC(=O)N(CCC(=O)NC3CCS(=O)(=O)C3)C2=O)cc1. The van der Waals surface area contributed by atoms with Gasteiger partial charge in [0.1, 0.15) is 5.75 Å². The first-order valence-corrected chi connectivity index (χ1v) is 11.3. The molecule has 0 aliphatic carbocycles. The van der Waals surface area contributed by atoms with Gasteiger partial charge < -0.3 is 10.1 Å². The third-order valence-corrected chi connectivity index (χ3v) is 7.12. The van der Waals surface area contributed by atoms with Crippen molar-refractivity contribution in [2.45, 2.75) is 18.9 Å². The number of carbonyl (C=O) groups is 3. The molecular weight excluding hydrogens is 404 g/mol. The number of nitrogens with one attached hydrogen (secondary N) is 1. The van der Waals surface area contributed by atoms with Gasteiger partial charge in [0.25, 0.3) is 11.1 Å². The van der Waals surface area contributed by atoms with E-state index >= 15 is 0 Å². The van der Waals surface area contributed by atoms with Gasteiger partial charge in [0, 0.05) is 19.0 Å². The first-order valence-electron chi connectivity index (χ1n) is 8.66. The van der Waals surface area contributed by atoms with E-state index in [1.807, 2.05) is 0 Å². The summed E-state index contributed by atoms with van der Waals surface area (Å²) in [7, 11) is -1.53. The van der Waals surface area contributed by atoms with Crippen molar-refractivity contribution >= 4 is 44.7 Å². The second-order valence-corrected chi connectivity index (χ2v) is 9.75. The first kappa shape index (κ1) is 20.4. The van der Waals surface area contributed by atoms with E-state index < -0.39 is 27.0 Å². The van der Waals surface area contributed by atoms with Gasteiger partial charge in [-0.25, -0.2) is 8.42 Å². The van der Waals surface area contributed by atoms with Gasteiger partial charge in [-0.2, -0.15) is 0 Å². The molecule has 2 heterocycles. The van der Waals surface area contributed by atoms with Crippen LogP contribution in [0, 0.1) is 0 Å². The molecular formula is C18H20N2O6S2. The average molecular weight is 425 g/mol. The number of hydrogen-bond donors (Lipinski definition) is 1. The fourth-order valence-corrected chi connectivity index (χ4v) is 5.50. The lowest BCUT2D eigenvalue weighted by Crippen LogP contribution is -2.38. The Hall–Kier alpha value is -2.33. The third-order valence-electron chi connectivity index (χ3n) is 4.45. The Balaban J connectivity index is 1.56. The molecule has 2 aliphatic heterocycles. The van der Waals surface area contributed by atoms with Gasteiger partial charge in [-0.3, -0.25) is 19.3 Å². The number of carbonyl (C=O) groups excluding carboxylic acids is 3. The Morgan fingerprint density at radius 1 is 1.32 bits per heavy atom. The van der Waals surface area contributed by atoms with Crippen molar-refractivity contribution in [3.05, 3.63) is 34.7 Å². The molecule has 3 rings (SSSR count). The number of imide groups is 1. The number of sulfone groups is 1. The van der Waals surface area contributed by atoms with Gasteiger partial charge in [0.2, 0.25) is 5.91 Å². The Morgan fingerprint density at radius 2 is 2.04 bits per heavy atom. The van der Waals surface area contributed by atoms with Crippen molar-refractivity contribution < 1.29 is 27.5 Å². The summed E-state index contributed by atoms with van der Waals surface area (Å²) < 4.78 is 27.9. The summed E-state index contributed by atoms with van der Waals surface area (Å²) in [6.45, 7) is -0.0457. The van der Waals surface area contributed by atoms with Crippen molar-refractivity contribution in [1.29, 1.82) is 0 Å². The highest BCUT2D eigenvalue weighted by molar-refractivity contribution is 8.18. The molecule has 0 spiro atoms. The number of methoxy groups -OCH3 is 1. The predicted molar refractivity (Wildman–Crippen MR) is 105 cm³/mol. The van der Waals surface area contributed by atoms with E-state index in [4.69, 9.17) is 4.74 Å².